The normalized spacial score (nSPS) is 16.5. The summed E-state index contributed by atoms with van der Waals surface area (Å²) in [6.45, 7) is 7.82. The van der Waals surface area contributed by atoms with Crippen LogP contribution in [0.5, 0.6) is 0 Å². The Labute approximate surface area is 150 Å². The van der Waals surface area contributed by atoms with Crippen LogP contribution < -0.4 is 0 Å². The van der Waals surface area contributed by atoms with Gasteiger partial charge in [0.1, 0.15) is 5.60 Å². The van der Waals surface area contributed by atoms with E-state index in [0.717, 1.165) is 19.3 Å². The van der Waals surface area contributed by atoms with Crippen LogP contribution in [0, 0.1) is 5.92 Å². The smallest absolute Gasteiger partial charge is 0.344 e. The topological polar surface area (TPSA) is 52.6 Å². The fraction of sp³-hybridized carbons (Fsp3) is 0.619. The van der Waals surface area contributed by atoms with Gasteiger partial charge >= 0.3 is 11.9 Å². The molecule has 0 heterocycles. The predicted octanol–water partition coefficient (Wildman–Crippen LogP) is 4.87. The van der Waals surface area contributed by atoms with Crippen LogP contribution in [0.2, 0.25) is 0 Å². The molecule has 1 saturated carbocycles. The van der Waals surface area contributed by atoms with Crippen LogP contribution in [0.25, 0.3) is 0 Å². The third kappa shape index (κ3) is 5.32. The van der Waals surface area contributed by atoms with Gasteiger partial charge < -0.3 is 9.47 Å². The van der Waals surface area contributed by atoms with Crippen LogP contribution in [-0.2, 0) is 14.3 Å². The van der Waals surface area contributed by atoms with Crippen molar-refractivity contribution in [2.45, 2.75) is 71.3 Å². The highest BCUT2D eigenvalue weighted by Crippen LogP contribution is 2.36. The summed E-state index contributed by atoms with van der Waals surface area (Å²) >= 11 is 0. The second-order valence-corrected chi connectivity index (χ2v) is 7.57. The molecule has 0 aromatic heterocycles. The van der Waals surface area contributed by atoms with Crippen molar-refractivity contribution < 1.29 is 19.1 Å². The first-order valence-corrected chi connectivity index (χ1v) is 9.32. The summed E-state index contributed by atoms with van der Waals surface area (Å²) in [6, 6.07) is 7.37. The third-order valence-electron chi connectivity index (χ3n) is 5.36. The Bertz CT molecular complexity index is 582. The van der Waals surface area contributed by atoms with Crippen LogP contribution in [0.1, 0.15) is 81.6 Å². The molecule has 0 bridgehead atoms. The Hall–Kier alpha value is -1.84. The van der Waals surface area contributed by atoms with Crippen LogP contribution in [0.4, 0.5) is 0 Å². The summed E-state index contributed by atoms with van der Waals surface area (Å²) in [7, 11) is 0. The summed E-state index contributed by atoms with van der Waals surface area (Å²) in [5.74, 6) is -0.133. The van der Waals surface area contributed by atoms with Crippen LogP contribution in [-0.4, -0.2) is 24.1 Å². The highest BCUT2D eigenvalue weighted by molar-refractivity contribution is 5.90. The van der Waals surface area contributed by atoms with Crippen molar-refractivity contribution in [2.75, 3.05) is 6.61 Å². The van der Waals surface area contributed by atoms with Crippen LogP contribution in [0.15, 0.2) is 24.3 Å². The zero-order valence-electron chi connectivity index (χ0n) is 15.8. The Morgan fingerprint density at radius 1 is 1.16 bits per heavy atom. The van der Waals surface area contributed by atoms with Gasteiger partial charge in [-0.1, -0.05) is 38.8 Å². The fourth-order valence-electron chi connectivity index (χ4n) is 3.42. The fourth-order valence-corrected chi connectivity index (χ4v) is 3.42. The van der Waals surface area contributed by atoms with Crippen molar-refractivity contribution in [3.05, 3.63) is 35.4 Å². The lowest BCUT2D eigenvalue weighted by atomic mass is 9.89. The molecule has 1 aliphatic carbocycles. The molecule has 4 nitrogen and oxygen atoms in total. The largest absolute Gasteiger partial charge is 0.457 e. The van der Waals surface area contributed by atoms with Gasteiger partial charge in [0.2, 0.25) is 0 Å². The Balaban J connectivity index is 1.83. The van der Waals surface area contributed by atoms with E-state index >= 15 is 0 Å². The third-order valence-corrected chi connectivity index (χ3v) is 5.36. The van der Waals surface area contributed by atoms with E-state index in [1.807, 2.05) is 26.0 Å². The lowest BCUT2D eigenvalue weighted by molar-refractivity contribution is -0.165. The molecule has 1 aliphatic rings. The molecule has 1 fully saturated rings. The van der Waals surface area contributed by atoms with E-state index in [-0.39, 0.29) is 6.61 Å². The number of ether oxygens (including phenoxy) is 2. The monoisotopic (exact) mass is 346 g/mol. The predicted molar refractivity (Wildman–Crippen MR) is 97.6 cm³/mol. The Kier molecular flexibility index (Phi) is 6.63. The first-order valence-electron chi connectivity index (χ1n) is 9.32. The molecule has 0 aliphatic heterocycles. The minimum absolute atomic E-state index is 0.345. The zero-order chi connectivity index (χ0) is 18.4. The molecule has 138 valence electrons. The molecule has 25 heavy (non-hydrogen) atoms. The highest BCUT2D eigenvalue weighted by Gasteiger charge is 2.35. The van der Waals surface area contributed by atoms with Crippen molar-refractivity contribution >= 4 is 11.9 Å². The van der Waals surface area contributed by atoms with Gasteiger partial charge in [0.25, 0.3) is 0 Å². The van der Waals surface area contributed by atoms with Crippen molar-refractivity contribution in [1.29, 1.82) is 0 Å². The number of hydrogen-bond acceptors (Lipinski definition) is 4. The van der Waals surface area contributed by atoms with Crippen LogP contribution in [0.3, 0.4) is 0 Å². The molecule has 1 aromatic carbocycles. The molecule has 1 atom stereocenters. The second-order valence-electron chi connectivity index (χ2n) is 7.57. The molecule has 1 aromatic rings. The molecule has 0 saturated heterocycles. The minimum atomic E-state index is -0.502. The van der Waals surface area contributed by atoms with E-state index in [1.165, 1.54) is 18.4 Å². The summed E-state index contributed by atoms with van der Waals surface area (Å²) in [6.07, 6.45) is 5.60. The number of carbonyl (C=O) groups is 2. The van der Waals surface area contributed by atoms with Gasteiger partial charge in [-0.05, 0) is 62.6 Å². The van der Waals surface area contributed by atoms with Gasteiger partial charge in [0.15, 0.2) is 6.61 Å². The Morgan fingerprint density at radius 2 is 1.76 bits per heavy atom. The van der Waals surface area contributed by atoms with Gasteiger partial charge in [-0.2, -0.15) is 0 Å². The number of rotatable bonds is 7. The summed E-state index contributed by atoms with van der Waals surface area (Å²) in [4.78, 5) is 24.1. The standard InChI is InChI=1S/C21H30O4/c1-5-15(2)16-10-12-17(13-11-16)20(23)24-14-19(22)25-21(3,4)18-8-6-7-9-18/h10-13,15,18H,5-9,14H2,1-4H3. The molecule has 1 unspecified atom stereocenters. The summed E-state index contributed by atoms with van der Waals surface area (Å²) in [5, 5.41) is 0. The maximum Gasteiger partial charge on any atom is 0.344 e. The maximum absolute atomic E-state index is 12.1. The van der Waals surface area contributed by atoms with Gasteiger partial charge in [0, 0.05) is 0 Å². The molecular formula is C21H30O4. The number of esters is 2. The molecule has 4 heteroatoms. The van der Waals surface area contributed by atoms with Gasteiger partial charge in [-0.3, -0.25) is 0 Å². The van der Waals surface area contributed by atoms with Crippen molar-refractivity contribution in [3.63, 3.8) is 0 Å². The number of benzene rings is 1. The van der Waals surface area contributed by atoms with Crippen molar-refractivity contribution in [3.8, 4) is 0 Å². The lowest BCUT2D eigenvalue weighted by Crippen LogP contribution is -2.36. The average Bonchev–Trinajstić information content (AvgIpc) is 3.14. The van der Waals surface area contributed by atoms with E-state index in [2.05, 4.69) is 13.8 Å². The first kappa shape index (κ1) is 19.5. The molecule has 2 rings (SSSR count). The van der Waals surface area contributed by atoms with Crippen molar-refractivity contribution in [1.82, 2.24) is 0 Å². The van der Waals surface area contributed by atoms with Gasteiger partial charge in [0.05, 0.1) is 5.56 Å². The quantitative estimate of drug-likeness (QED) is 0.661. The summed E-state index contributed by atoms with van der Waals surface area (Å²) in [5.41, 5.74) is 1.14. The average molecular weight is 346 g/mol. The summed E-state index contributed by atoms with van der Waals surface area (Å²) < 4.78 is 10.7. The molecule has 0 radical (unpaired) electrons. The first-order chi connectivity index (χ1) is 11.8. The lowest BCUT2D eigenvalue weighted by Gasteiger charge is -2.31. The zero-order valence-corrected chi connectivity index (χ0v) is 15.8. The van der Waals surface area contributed by atoms with Gasteiger partial charge in [-0.15, -0.1) is 0 Å². The van der Waals surface area contributed by atoms with E-state index in [9.17, 15) is 9.59 Å². The maximum atomic E-state index is 12.1. The second kappa shape index (κ2) is 8.50. The highest BCUT2D eigenvalue weighted by atomic mass is 16.6. The molecular weight excluding hydrogens is 316 g/mol. The van der Waals surface area contributed by atoms with Gasteiger partial charge in [-0.25, -0.2) is 9.59 Å². The molecule has 0 amide bonds. The molecule has 0 N–H and O–H groups in total. The molecule has 0 spiro atoms. The van der Waals surface area contributed by atoms with Crippen LogP contribution >= 0.6 is 0 Å². The van der Waals surface area contributed by atoms with E-state index in [4.69, 9.17) is 9.47 Å². The van der Waals surface area contributed by atoms with E-state index in [1.54, 1.807) is 12.1 Å². The van der Waals surface area contributed by atoms with Crippen molar-refractivity contribution in [2.24, 2.45) is 5.92 Å². The Morgan fingerprint density at radius 3 is 2.32 bits per heavy atom. The van der Waals surface area contributed by atoms with E-state index in [0.29, 0.717) is 17.4 Å². The number of carbonyl (C=O) groups excluding carboxylic acids is 2. The number of hydrogen-bond donors (Lipinski definition) is 0. The van der Waals surface area contributed by atoms with E-state index < -0.39 is 17.5 Å². The minimum Gasteiger partial charge on any atom is -0.457 e. The SMILES string of the molecule is CCC(C)c1ccc(C(=O)OCC(=O)OC(C)(C)C2CCCC2)cc1.